The van der Waals surface area contributed by atoms with Crippen LogP contribution in [0.2, 0.25) is 0 Å². The molecule has 1 aromatic carbocycles. The van der Waals surface area contributed by atoms with Crippen LogP contribution in [0.1, 0.15) is 12.2 Å². The summed E-state index contributed by atoms with van der Waals surface area (Å²) in [5.41, 5.74) is 2.07. The van der Waals surface area contributed by atoms with Gasteiger partial charge in [-0.05, 0) is 34.5 Å². The molecule has 0 atom stereocenters. The Balaban J connectivity index is 2.36. The van der Waals surface area contributed by atoms with E-state index in [9.17, 15) is 0 Å². The van der Waals surface area contributed by atoms with Gasteiger partial charge >= 0.3 is 0 Å². The van der Waals surface area contributed by atoms with Gasteiger partial charge in [-0.2, -0.15) is 0 Å². The van der Waals surface area contributed by atoms with Crippen molar-refractivity contribution < 1.29 is 0 Å². The summed E-state index contributed by atoms with van der Waals surface area (Å²) < 4.78 is 1.03. The Morgan fingerprint density at radius 2 is 2.29 bits per heavy atom. The van der Waals surface area contributed by atoms with Crippen LogP contribution in [-0.2, 0) is 6.42 Å². The number of para-hydroxylation sites is 1. The van der Waals surface area contributed by atoms with E-state index in [-0.39, 0.29) is 0 Å². The third kappa shape index (κ3) is 1.93. The lowest BCUT2D eigenvalue weighted by Crippen LogP contribution is -1.88. The predicted octanol–water partition coefficient (Wildman–Crippen LogP) is 3.50. The van der Waals surface area contributed by atoms with Gasteiger partial charge in [0.25, 0.3) is 0 Å². The van der Waals surface area contributed by atoms with Crippen molar-refractivity contribution in [1.82, 2.24) is 9.97 Å². The average Bonchev–Trinajstić information content (AvgIpc) is 2.59. The highest BCUT2D eigenvalue weighted by molar-refractivity contribution is 9.10. The number of aryl methyl sites for hydroxylation is 1. The van der Waals surface area contributed by atoms with E-state index in [0.29, 0.717) is 5.88 Å². The van der Waals surface area contributed by atoms with Crippen molar-refractivity contribution in [2.75, 3.05) is 5.88 Å². The van der Waals surface area contributed by atoms with Gasteiger partial charge in [0.2, 0.25) is 0 Å². The van der Waals surface area contributed by atoms with Gasteiger partial charge in [-0.1, -0.05) is 6.07 Å². The molecular weight excluding hydrogens is 263 g/mol. The molecule has 0 spiro atoms. The third-order valence-electron chi connectivity index (χ3n) is 2.06. The normalized spacial score (nSPS) is 11.0. The van der Waals surface area contributed by atoms with Crippen molar-refractivity contribution in [3.63, 3.8) is 0 Å². The number of hydrogen-bond donors (Lipinski definition) is 1. The van der Waals surface area contributed by atoms with Gasteiger partial charge in [-0.15, -0.1) is 11.6 Å². The molecule has 0 amide bonds. The number of nitrogens with zero attached hydrogens (tertiary/aromatic N) is 1. The van der Waals surface area contributed by atoms with Crippen molar-refractivity contribution in [1.29, 1.82) is 0 Å². The number of hydrogen-bond acceptors (Lipinski definition) is 1. The highest BCUT2D eigenvalue weighted by Gasteiger charge is 2.04. The Bertz CT molecular complexity index is 439. The molecule has 0 saturated heterocycles. The van der Waals surface area contributed by atoms with E-state index < -0.39 is 0 Å². The first kappa shape index (κ1) is 9.99. The van der Waals surface area contributed by atoms with Crippen LogP contribution in [0.25, 0.3) is 11.0 Å². The Kier molecular flexibility index (Phi) is 3.08. The summed E-state index contributed by atoms with van der Waals surface area (Å²) in [4.78, 5) is 7.76. The van der Waals surface area contributed by atoms with Crippen LogP contribution in [-0.4, -0.2) is 15.8 Å². The summed E-state index contributed by atoms with van der Waals surface area (Å²) in [5, 5.41) is 0. The van der Waals surface area contributed by atoms with Gasteiger partial charge < -0.3 is 4.98 Å². The molecule has 0 bridgehead atoms. The molecule has 0 radical (unpaired) electrons. The van der Waals surface area contributed by atoms with E-state index in [2.05, 4.69) is 25.9 Å². The molecule has 1 heterocycles. The predicted molar refractivity (Wildman–Crippen MR) is 62.8 cm³/mol. The zero-order chi connectivity index (χ0) is 9.97. The molecule has 1 aromatic heterocycles. The van der Waals surface area contributed by atoms with Crippen LogP contribution in [0.4, 0.5) is 0 Å². The van der Waals surface area contributed by atoms with Crippen LogP contribution in [0.3, 0.4) is 0 Å². The molecule has 2 rings (SSSR count). The summed E-state index contributed by atoms with van der Waals surface area (Å²) >= 11 is 9.10. The zero-order valence-corrected chi connectivity index (χ0v) is 9.90. The van der Waals surface area contributed by atoms with Gasteiger partial charge in [-0.3, -0.25) is 0 Å². The van der Waals surface area contributed by atoms with Crippen molar-refractivity contribution in [3.05, 3.63) is 28.5 Å². The van der Waals surface area contributed by atoms with Gasteiger partial charge in [0.15, 0.2) is 0 Å². The number of alkyl halides is 1. The minimum Gasteiger partial charge on any atom is -0.342 e. The topological polar surface area (TPSA) is 28.7 Å². The number of benzene rings is 1. The minimum atomic E-state index is 0.679. The van der Waals surface area contributed by atoms with Crippen LogP contribution >= 0.6 is 27.5 Å². The first-order valence-electron chi connectivity index (χ1n) is 4.50. The second-order valence-corrected chi connectivity index (χ2v) is 4.34. The lowest BCUT2D eigenvalue weighted by Gasteiger charge is -1.89. The van der Waals surface area contributed by atoms with Crippen LogP contribution in [0.15, 0.2) is 22.7 Å². The SMILES string of the molecule is ClCCCc1nc2c(Br)cccc2[nH]1. The van der Waals surface area contributed by atoms with E-state index >= 15 is 0 Å². The molecule has 1 N–H and O–H groups in total. The fourth-order valence-corrected chi connectivity index (χ4v) is 1.99. The van der Waals surface area contributed by atoms with Crippen LogP contribution in [0.5, 0.6) is 0 Å². The van der Waals surface area contributed by atoms with Crippen molar-refractivity contribution in [3.8, 4) is 0 Å². The molecule has 2 nitrogen and oxygen atoms in total. The number of rotatable bonds is 3. The molecule has 0 fully saturated rings. The van der Waals surface area contributed by atoms with Gasteiger partial charge in [-0.25, -0.2) is 4.98 Å². The summed E-state index contributed by atoms with van der Waals surface area (Å²) in [6, 6.07) is 6.02. The molecule has 74 valence electrons. The Morgan fingerprint density at radius 1 is 1.43 bits per heavy atom. The number of halogens is 2. The summed E-state index contributed by atoms with van der Waals surface area (Å²) in [6.07, 6.45) is 1.86. The second kappa shape index (κ2) is 4.32. The lowest BCUT2D eigenvalue weighted by molar-refractivity contribution is 0.866. The second-order valence-electron chi connectivity index (χ2n) is 3.11. The number of H-pyrrole nitrogens is 1. The highest BCUT2D eigenvalue weighted by atomic mass is 79.9. The molecule has 2 aromatic rings. The molecular formula is C10H10BrClN2. The monoisotopic (exact) mass is 272 g/mol. The number of aromatic amines is 1. The Morgan fingerprint density at radius 3 is 3.00 bits per heavy atom. The van der Waals surface area contributed by atoms with Crippen LogP contribution < -0.4 is 0 Å². The maximum Gasteiger partial charge on any atom is 0.107 e. The molecule has 4 heteroatoms. The number of imidazole rings is 1. The summed E-state index contributed by atoms with van der Waals surface area (Å²) in [6.45, 7) is 0. The van der Waals surface area contributed by atoms with E-state index in [1.54, 1.807) is 0 Å². The molecule has 0 aliphatic rings. The fourth-order valence-electron chi connectivity index (χ4n) is 1.40. The van der Waals surface area contributed by atoms with E-state index in [4.69, 9.17) is 11.6 Å². The maximum absolute atomic E-state index is 5.63. The van der Waals surface area contributed by atoms with Gasteiger partial charge in [0.1, 0.15) is 11.3 Å². The van der Waals surface area contributed by atoms with E-state index in [0.717, 1.165) is 34.2 Å². The largest absolute Gasteiger partial charge is 0.342 e. The maximum atomic E-state index is 5.63. The molecule has 0 aliphatic carbocycles. The first-order chi connectivity index (χ1) is 6.81. The van der Waals surface area contributed by atoms with Crippen molar-refractivity contribution in [2.45, 2.75) is 12.8 Å². The van der Waals surface area contributed by atoms with Crippen molar-refractivity contribution >= 4 is 38.6 Å². The molecule has 14 heavy (non-hydrogen) atoms. The van der Waals surface area contributed by atoms with Crippen molar-refractivity contribution in [2.24, 2.45) is 0 Å². The average molecular weight is 274 g/mol. The highest BCUT2D eigenvalue weighted by Crippen LogP contribution is 2.21. The molecule has 0 unspecified atom stereocenters. The zero-order valence-electron chi connectivity index (χ0n) is 7.56. The van der Waals surface area contributed by atoms with Gasteiger partial charge in [0, 0.05) is 16.8 Å². The van der Waals surface area contributed by atoms with E-state index in [1.165, 1.54) is 0 Å². The summed E-state index contributed by atoms with van der Waals surface area (Å²) in [7, 11) is 0. The number of fused-ring (bicyclic) bond motifs is 1. The van der Waals surface area contributed by atoms with E-state index in [1.807, 2.05) is 18.2 Å². The fraction of sp³-hybridized carbons (Fsp3) is 0.300. The van der Waals surface area contributed by atoms with Gasteiger partial charge in [0.05, 0.1) is 5.52 Å². The lowest BCUT2D eigenvalue weighted by atomic mass is 10.3. The smallest absolute Gasteiger partial charge is 0.107 e. The first-order valence-corrected chi connectivity index (χ1v) is 5.83. The van der Waals surface area contributed by atoms with Crippen LogP contribution in [0, 0.1) is 0 Å². The molecule has 0 aliphatic heterocycles. The third-order valence-corrected chi connectivity index (χ3v) is 2.97. The standard InChI is InChI=1S/C10H10BrClN2/c11-7-3-1-4-8-10(7)14-9(13-8)5-2-6-12/h1,3-4H,2,5-6H2,(H,13,14). The summed E-state index contributed by atoms with van der Waals surface area (Å²) in [5.74, 6) is 1.69. The minimum absolute atomic E-state index is 0.679. The Hall–Kier alpha value is -0.540. The molecule has 0 saturated carbocycles. The number of nitrogens with one attached hydrogen (secondary N) is 1. The number of aromatic nitrogens is 2. The quantitative estimate of drug-likeness (QED) is 0.852. The Labute approximate surface area is 95.8 Å².